The second-order valence-corrected chi connectivity index (χ2v) is 5.55. The molecule has 1 aromatic rings. The smallest absolute Gasteiger partial charge is 0.0821 e. The van der Waals surface area contributed by atoms with Crippen molar-refractivity contribution in [1.82, 2.24) is 0 Å². The average Bonchev–Trinajstić information content (AvgIpc) is 2.52. The van der Waals surface area contributed by atoms with E-state index in [1.54, 1.807) is 11.3 Å². The molecule has 0 aromatic carbocycles. The molecule has 0 radical (unpaired) electrons. The maximum Gasteiger partial charge on any atom is 0.0821 e. The van der Waals surface area contributed by atoms with Gasteiger partial charge >= 0.3 is 0 Å². The van der Waals surface area contributed by atoms with Crippen molar-refractivity contribution in [2.45, 2.75) is 32.4 Å². The fraction of sp³-hybridized carbons (Fsp3) is 0.600. The molecule has 2 N–H and O–H groups in total. The van der Waals surface area contributed by atoms with Crippen LogP contribution in [0.3, 0.4) is 0 Å². The van der Waals surface area contributed by atoms with E-state index in [4.69, 9.17) is 10.5 Å². The second-order valence-electron chi connectivity index (χ2n) is 3.69. The van der Waals surface area contributed by atoms with E-state index in [-0.39, 0.29) is 5.54 Å². The van der Waals surface area contributed by atoms with Crippen LogP contribution in [0.5, 0.6) is 0 Å². The van der Waals surface area contributed by atoms with Crippen LogP contribution < -0.4 is 5.73 Å². The van der Waals surface area contributed by atoms with Gasteiger partial charge in [0.25, 0.3) is 0 Å². The van der Waals surface area contributed by atoms with Crippen LogP contribution in [0.4, 0.5) is 0 Å². The molecule has 0 aliphatic carbocycles. The van der Waals surface area contributed by atoms with Gasteiger partial charge in [0, 0.05) is 14.9 Å². The Bertz CT molecular complexity index is 285. The van der Waals surface area contributed by atoms with Crippen LogP contribution in [-0.4, -0.2) is 12.1 Å². The first-order valence-electron chi connectivity index (χ1n) is 4.63. The van der Waals surface area contributed by atoms with Crippen LogP contribution in [-0.2, 0) is 11.3 Å². The predicted molar refractivity (Wildman–Crippen MR) is 64.6 cm³/mol. The Labute approximate surface area is 97.6 Å². The van der Waals surface area contributed by atoms with E-state index in [0.717, 1.165) is 10.9 Å². The average molecular weight is 278 g/mol. The van der Waals surface area contributed by atoms with Crippen LogP contribution in [0, 0.1) is 0 Å². The van der Waals surface area contributed by atoms with E-state index < -0.39 is 0 Å². The van der Waals surface area contributed by atoms with Crippen molar-refractivity contribution in [3.05, 3.63) is 20.8 Å². The lowest BCUT2D eigenvalue weighted by molar-refractivity contribution is 0.0791. The molecule has 1 aromatic heterocycles. The molecule has 1 unspecified atom stereocenters. The predicted octanol–water partition coefficient (Wildman–Crippen LogP) is 3.15. The minimum atomic E-state index is -0.205. The normalized spacial score (nSPS) is 15.4. The van der Waals surface area contributed by atoms with E-state index in [1.807, 2.05) is 18.4 Å². The summed E-state index contributed by atoms with van der Waals surface area (Å²) >= 11 is 5.16. The fourth-order valence-electron chi connectivity index (χ4n) is 0.907. The van der Waals surface area contributed by atoms with Crippen LogP contribution >= 0.6 is 27.3 Å². The van der Waals surface area contributed by atoms with Crippen LogP contribution in [0.25, 0.3) is 0 Å². The van der Waals surface area contributed by atoms with Crippen molar-refractivity contribution in [3.63, 3.8) is 0 Å². The zero-order valence-electron chi connectivity index (χ0n) is 8.55. The molecule has 0 aliphatic heterocycles. The highest BCUT2D eigenvalue weighted by Crippen LogP contribution is 2.23. The quantitative estimate of drug-likeness (QED) is 0.898. The third-order valence-electron chi connectivity index (χ3n) is 2.16. The van der Waals surface area contributed by atoms with Crippen molar-refractivity contribution >= 4 is 27.3 Å². The van der Waals surface area contributed by atoms with Crippen molar-refractivity contribution in [2.24, 2.45) is 5.73 Å². The number of nitrogens with two attached hydrogens (primary N) is 1. The molecule has 4 heteroatoms. The van der Waals surface area contributed by atoms with Crippen molar-refractivity contribution in [3.8, 4) is 0 Å². The van der Waals surface area contributed by atoms with Crippen molar-refractivity contribution < 1.29 is 4.74 Å². The molecule has 1 rings (SSSR count). The van der Waals surface area contributed by atoms with Crippen LogP contribution in [0.1, 0.15) is 25.1 Å². The SMILES string of the molecule is CCC(C)(N)COCc1sccc1Br. The van der Waals surface area contributed by atoms with Gasteiger partial charge in [-0.05, 0) is 40.7 Å². The molecular formula is C10H16BrNOS. The largest absolute Gasteiger partial charge is 0.374 e. The maximum atomic E-state index is 5.96. The number of thiophene rings is 1. The highest BCUT2D eigenvalue weighted by atomic mass is 79.9. The van der Waals surface area contributed by atoms with Crippen LogP contribution in [0.2, 0.25) is 0 Å². The van der Waals surface area contributed by atoms with Crippen LogP contribution in [0.15, 0.2) is 15.9 Å². The summed E-state index contributed by atoms with van der Waals surface area (Å²) in [5.74, 6) is 0. The zero-order chi connectivity index (χ0) is 10.6. The summed E-state index contributed by atoms with van der Waals surface area (Å²) in [5.41, 5.74) is 5.76. The van der Waals surface area contributed by atoms with Gasteiger partial charge in [0.15, 0.2) is 0 Å². The molecule has 1 atom stereocenters. The second kappa shape index (κ2) is 5.26. The molecule has 1 heterocycles. The first kappa shape index (κ1) is 12.2. The Balaban J connectivity index is 2.32. The molecular weight excluding hydrogens is 262 g/mol. The van der Waals surface area contributed by atoms with Gasteiger partial charge in [0.2, 0.25) is 0 Å². The van der Waals surface area contributed by atoms with Gasteiger partial charge in [-0.15, -0.1) is 11.3 Å². The highest BCUT2D eigenvalue weighted by Gasteiger charge is 2.15. The molecule has 0 fully saturated rings. The number of rotatable bonds is 5. The fourth-order valence-corrected chi connectivity index (χ4v) is 2.31. The molecule has 14 heavy (non-hydrogen) atoms. The van der Waals surface area contributed by atoms with Crippen molar-refractivity contribution in [2.75, 3.05) is 6.61 Å². The van der Waals surface area contributed by atoms with Gasteiger partial charge in [-0.25, -0.2) is 0 Å². The third kappa shape index (κ3) is 3.69. The van der Waals surface area contributed by atoms with E-state index in [9.17, 15) is 0 Å². The van der Waals surface area contributed by atoms with Gasteiger partial charge in [-0.1, -0.05) is 6.92 Å². The molecule has 0 saturated heterocycles. The highest BCUT2D eigenvalue weighted by molar-refractivity contribution is 9.10. The molecule has 0 saturated carbocycles. The van der Waals surface area contributed by atoms with Gasteiger partial charge in [0.1, 0.15) is 0 Å². The first-order chi connectivity index (χ1) is 6.55. The Morgan fingerprint density at radius 3 is 2.86 bits per heavy atom. The Kier molecular flexibility index (Phi) is 4.57. The van der Waals surface area contributed by atoms with Gasteiger partial charge < -0.3 is 10.5 Å². The molecule has 0 amide bonds. The first-order valence-corrected chi connectivity index (χ1v) is 6.31. The Morgan fingerprint density at radius 1 is 1.64 bits per heavy atom. The van der Waals surface area contributed by atoms with E-state index in [1.165, 1.54) is 4.88 Å². The summed E-state index contributed by atoms with van der Waals surface area (Å²) in [7, 11) is 0. The summed E-state index contributed by atoms with van der Waals surface area (Å²) in [5, 5.41) is 2.05. The molecule has 0 aliphatic rings. The van der Waals surface area contributed by atoms with Crippen molar-refractivity contribution in [1.29, 1.82) is 0 Å². The maximum absolute atomic E-state index is 5.96. The lowest BCUT2D eigenvalue weighted by Gasteiger charge is -2.22. The van der Waals surface area contributed by atoms with E-state index in [2.05, 4.69) is 22.9 Å². The molecule has 0 bridgehead atoms. The summed E-state index contributed by atoms with van der Waals surface area (Å²) in [6.45, 7) is 5.33. The topological polar surface area (TPSA) is 35.2 Å². The summed E-state index contributed by atoms with van der Waals surface area (Å²) < 4.78 is 6.69. The third-order valence-corrected chi connectivity index (χ3v) is 4.06. The molecule has 80 valence electrons. The molecule has 2 nitrogen and oxygen atoms in total. The summed E-state index contributed by atoms with van der Waals surface area (Å²) in [4.78, 5) is 1.22. The lowest BCUT2D eigenvalue weighted by Crippen LogP contribution is -2.40. The Hall–Kier alpha value is 0.100. The number of hydrogen-bond donors (Lipinski definition) is 1. The monoisotopic (exact) mass is 277 g/mol. The van der Waals surface area contributed by atoms with Gasteiger partial charge in [-0.2, -0.15) is 0 Å². The summed E-state index contributed by atoms with van der Waals surface area (Å²) in [6, 6.07) is 2.03. The Morgan fingerprint density at radius 2 is 2.36 bits per heavy atom. The van der Waals surface area contributed by atoms with Gasteiger partial charge in [-0.3, -0.25) is 0 Å². The zero-order valence-corrected chi connectivity index (χ0v) is 11.0. The standard InChI is InChI=1S/C10H16BrNOS/c1-3-10(2,12)7-13-6-9-8(11)4-5-14-9/h4-5H,3,6-7,12H2,1-2H3. The van der Waals surface area contributed by atoms with Gasteiger partial charge in [0.05, 0.1) is 13.2 Å². The number of hydrogen-bond acceptors (Lipinski definition) is 3. The minimum absolute atomic E-state index is 0.205. The van der Waals surface area contributed by atoms with E-state index in [0.29, 0.717) is 13.2 Å². The molecule has 0 spiro atoms. The number of halogens is 1. The van der Waals surface area contributed by atoms with E-state index >= 15 is 0 Å². The lowest BCUT2D eigenvalue weighted by atomic mass is 10.0. The minimum Gasteiger partial charge on any atom is -0.374 e. The summed E-state index contributed by atoms with van der Waals surface area (Å²) in [6.07, 6.45) is 0.929. The number of ether oxygens (including phenoxy) is 1.